The van der Waals surface area contributed by atoms with E-state index in [-0.39, 0.29) is 18.8 Å². The molecule has 0 amide bonds. The molecule has 1 unspecified atom stereocenters. The highest BCUT2D eigenvalue weighted by atomic mass is 16.6. The number of esters is 1. The lowest BCUT2D eigenvalue weighted by molar-refractivity contribution is -0.147. The second-order valence-electron chi connectivity index (χ2n) is 7.53. The first-order chi connectivity index (χ1) is 15.5. The normalized spacial score (nSPS) is 11.8. The lowest BCUT2D eigenvalue weighted by Crippen LogP contribution is -2.28. The van der Waals surface area contributed by atoms with Gasteiger partial charge in [0.1, 0.15) is 23.9 Å². The van der Waals surface area contributed by atoms with Gasteiger partial charge in [-0.2, -0.15) is 0 Å². The van der Waals surface area contributed by atoms with Crippen LogP contribution in [0.25, 0.3) is 21.5 Å². The summed E-state index contributed by atoms with van der Waals surface area (Å²) in [6.45, 7) is 4.80. The second kappa shape index (κ2) is 9.54. The van der Waals surface area contributed by atoms with Gasteiger partial charge in [-0.1, -0.05) is 49.0 Å². The van der Waals surface area contributed by atoms with Crippen LogP contribution in [0.4, 0.5) is 0 Å². The molecule has 0 bridgehead atoms. The monoisotopic (exact) mass is 428 g/mol. The number of benzene rings is 4. The summed E-state index contributed by atoms with van der Waals surface area (Å²) in [6, 6.07) is 25.4. The van der Waals surface area contributed by atoms with Crippen LogP contribution in [0.1, 0.15) is 6.92 Å². The van der Waals surface area contributed by atoms with E-state index in [1.165, 1.54) is 0 Å². The number of hydrogen-bond donors (Lipinski definition) is 1. The van der Waals surface area contributed by atoms with E-state index in [2.05, 4.69) is 12.6 Å². The zero-order chi connectivity index (χ0) is 22.5. The molecule has 0 aliphatic heterocycles. The van der Waals surface area contributed by atoms with E-state index < -0.39 is 12.1 Å². The third-order valence-corrected chi connectivity index (χ3v) is 5.00. The number of rotatable bonds is 8. The minimum absolute atomic E-state index is 0.0148. The summed E-state index contributed by atoms with van der Waals surface area (Å²) in [5, 5.41) is 13.4. The second-order valence-corrected chi connectivity index (χ2v) is 7.53. The molecule has 0 aromatic heterocycles. The van der Waals surface area contributed by atoms with Crippen molar-refractivity contribution in [2.24, 2.45) is 0 Å². The number of para-hydroxylation sites is 1. The summed E-state index contributed by atoms with van der Waals surface area (Å²) in [5.74, 6) is 1.58. The first-order valence-electron chi connectivity index (χ1n) is 10.3. The van der Waals surface area contributed by atoms with Gasteiger partial charge in [0.05, 0.1) is 6.61 Å². The van der Waals surface area contributed by atoms with Crippen molar-refractivity contribution in [3.63, 3.8) is 0 Å². The molecule has 5 nitrogen and oxygen atoms in total. The third-order valence-electron chi connectivity index (χ3n) is 5.00. The van der Waals surface area contributed by atoms with Gasteiger partial charge in [-0.25, -0.2) is 4.79 Å². The molecule has 162 valence electrons. The van der Waals surface area contributed by atoms with Gasteiger partial charge in [-0.15, -0.1) is 0 Å². The van der Waals surface area contributed by atoms with Crippen molar-refractivity contribution < 1.29 is 24.1 Å². The highest BCUT2D eigenvalue weighted by molar-refractivity contribution is 6.05. The fourth-order valence-electron chi connectivity index (χ4n) is 3.41. The van der Waals surface area contributed by atoms with E-state index in [0.29, 0.717) is 11.5 Å². The molecule has 0 saturated carbocycles. The predicted octanol–water partition coefficient (Wildman–Crippen LogP) is 5.64. The highest BCUT2D eigenvalue weighted by Crippen LogP contribution is 2.37. The molecule has 0 aliphatic carbocycles. The van der Waals surface area contributed by atoms with Gasteiger partial charge >= 0.3 is 5.97 Å². The minimum atomic E-state index is -0.797. The molecule has 4 rings (SSSR count). The van der Waals surface area contributed by atoms with E-state index in [1.807, 2.05) is 72.8 Å². The van der Waals surface area contributed by atoms with Gasteiger partial charge in [0.25, 0.3) is 0 Å². The lowest BCUT2D eigenvalue weighted by atomic mass is 10.0. The van der Waals surface area contributed by atoms with Gasteiger partial charge < -0.3 is 19.3 Å². The largest absolute Gasteiger partial charge is 0.488 e. The number of ether oxygens (including phenoxy) is 3. The van der Waals surface area contributed by atoms with Crippen LogP contribution in [0.2, 0.25) is 0 Å². The molecule has 5 heteroatoms. The van der Waals surface area contributed by atoms with Gasteiger partial charge in [-0.3, -0.25) is 0 Å². The summed E-state index contributed by atoms with van der Waals surface area (Å²) in [6.07, 6.45) is -0.797. The molecular weight excluding hydrogens is 404 g/mol. The summed E-state index contributed by atoms with van der Waals surface area (Å²) in [7, 11) is 0. The quantitative estimate of drug-likeness (QED) is 0.223. The molecule has 4 aromatic carbocycles. The first kappa shape index (κ1) is 21.4. The number of aliphatic hydroxyl groups is 1. The van der Waals surface area contributed by atoms with Crippen molar-refractivity contribution in [3.05, 3.63) is 91.0 Å². The average Bonchev–Trinajstić information content (AvgIpc) is 2.81. The molecule has 0 radical (unpaired) electrons. The zero-order valence-corrected chi connectivity index (χ0v) is 17.8. The number of hydrogen-bond acceptors (Lipinski definition) is 5. The SMILES string of the molecule is C=C(C)C(=O)OC(CO)COc1c2ccccc2cc2cc(Oc3ccccc3)ccc12. The van der Waals surface area contributed by atoms with E-state index in [0.717, 1.165) is 27.3 Å². The fourth-order valence-corrected chi connectivity index (χ4v) is 3.41. The number of fused-ring (bicyclic) bond motifs is 2. The molecule has 0 saturated heterocycles. The Balaban J connectivity index is 1.67. The van der Waals surface area contributed by atoms with Crippen LogP contribution < -0.4 is 9.47 Å². The predicted molar refractivity (Wildman–Crippen MR) is 125 cm³/mol. The van der Waals surface area contributed by atoms with E-state index in [1.54, 1.807) is 6.92 Å². The highest BCUT2D eigenvalue weighted by Gasteiger charge is 2.17. The number of carbonyl (C=O) groups is 1. The molecule has 0 heterocycles. The van der Waals surface area contributed by atoms with Crippen molar-refractivity contribution in [3.8, 4) is 17.2 Å². The van der Waals surface area contributed by atoms with Crippen LogP contribution in [0.3, 0.4) is 0 Å². The Morgan fingerprint density at radius 3 is 2.38 bits per heavy atom. The summed E-state index contributed by atoms with van der Waals surface area (Å²) in [4.78, 5) is 11.8. The standard InChI is InChI=1S/C27H24O5/c1-18(2)27(29)32-23(16-28)17-30-26-24-11-7-6-8-19(24)14-20-15-22(12-13-25(20)26)31-21-9-4-3-5-10-21/h3-15,23,28H,1,16-17H2,2H3. The molecule has 1 N–H and O–H groups in total. The van der Waals surface area contributed by atoms with Gasteiger partial charge in [0.15, 0.2) is 6.10 Å². The Morgan fingerprint density at radius 1 is 0.906 bits per heavy atom. The minimum Gasteiger partial charge on any atom is -0.488 e. The molecule has 32 heavy (non-hydrogen) atoms. The van der Waals surface area contributed by atoms with Crippen molar-refractivity contribution in [1.29, 1.82) is 0 Å². The van der Waals surface area contributed by atoms with Crippen LogP contribution in [0.15, 0.2) is 91.0 Å². The molecule has 4 aromatic rings. The van der Waals surface area contributed by atoms with Crippen LogP contribution in [0, 0.1) is 0 Å². The van der Waals surface area contributed by atoms with Crippen LogP contribution in [0.5, 0.6) is 17.2 Å². The topological polar surface area (TPSA) is 65.0 Å². The van der Waals surface area contributed by atoms with E-state index >= 15 is 0 Å². The Hall–Kier alpha value is -3.83. The number of carbonyl (C=O) groups excluding carboxylic acids is 1. The summed E-state index contributed by atoms with van der Waals surface area (Å²) < 4.78 is 17.4. The van der Waals surface area contributed by atoms with Gasteiger partial charge in [0.2, 0.25) is 0 Å². The lowest BCUT2D eigenvalue weighted by Gasteiger charge is -2.19. The van der Waals surface area contributed by atoms with E-state index in [4.69, 9.17) is 14.2 Å². The fraction of sp³-hybridized carbons (Fsp3) is 0.148. The van der Waals surface area contributed by atoms with Crippen molar-refractivity contribution in [1.82, 2.24) is 0 Å². The smallest absolute Gasteiger partial charge is 0.333 e. The summed E-state index contributed by atoms with van der Waals surface area (Å²) >= 11 is 0. The Morgan fingerprint density at radius 2 is 1.62 bits per heavy atom. The molecule has 0 aliphatic rings. The maximum atomic E-state index is 11.8. The third kappa shape index (κ3) is 4.74. The molecule has 0 fully saturated rings. The molecule has 0 spiro atoms. The van der Waals surface area contributed by atoms with Crippen molar-refractivity contribution in [2.75, 3.05) is 13.2 Å². The zero-order valence-electron chi connectivity index (χ0n) is 17.8. The Bertz CT molecular complexity index is 1260. The van der Waals surface area contributed by atoms with E-state index in [9.17, 15) is 9.90 Å². The molecule has 1 atom stereocenters. The van der Waals surface area contributed by atoms with Crippen LogP contribution in [-0.2, 0) is 9.53 Å². The van der Waals surface area contributed by atoms with Gasteiger partial charge in [-0.05, 0) is 54.1 Å². The first-order valence-corrected chi connectivity index (χ1v) is 10.3. The van der Waals surface area contributed by atoms with Crippen molar-refractivity contribution in [2.45, 2.75) is 13.0 Å². The van der Waals surface area contributed by atoms with Crippen molar-refractivity contribution >= 4 is 27.5 Å². The Kier molecular flexibility index (Phi) is 6.38. The molecular formula is C27H24O5. The van der Waals surface area contributed by atoms with Crippen LogP contribution >= 0.6 is 0 Å². The van der Waals surface area contributed by atoms with Crippen LogP contribution in [-0.4, -0.2) is 30.4 Å². The Labute approximate surface area is 186 Å². The maximum absolute atomic E-state index is 11.8. The average molecular weight is 428 g/mol. The maximum Gasteiger partial charge on any atom is 0.333 e. The summed E-state index contributed by atoms with van der Waals surface area (Å²) in [5.41, 5.74) is 0.269. The number of aliphatic hydroxyl groups excluding tert-OH is 1. The van der Waals surface area contributed by atoms with Gasteiger partial charge in [0, 0.05) is 16.3 Å².